The van der Waals surface area contributed by atoms with Crippen LogP contribution in [-0.2, 0) is 11.3 Å². The monoisotopic (exact) mass is 449 g/mol. The van der Waals surface area contributed by atoms with Gasteiger partial charge in [0, 0.05) is 17.2 Å². The first-order valence-electron chi connectivity index (χ1n) is 10.3. The van der Waals surface area contributed by atoms with Gasteiger partial charge in [-0.25, -0.2) is 0 Å². The fourth-order valence-electron chi connectivity index (χ4n) is 3.08. The minimum atomic E-state index is -0.524. The minimum Gasteiger partial charge on any atom is -0.268 e. The van der Waals surface area contributed by atoms with Crippen molar-refractivity contribution in [2.24, 2.45) is 0 Å². The fourth-order valence-corrected chi connectivity index (χ4v) is 3.08. The zero-order valence-electron chi connectivity index (χ0n) is 17.9. The van der Waals surface area contributed by atoms with E-state index in [4.69, 9.17) is 5.26 Å². The van der Waals surface area contributed by atoms with Crippen molar-refractivity contribution >= 4 is 17.9 Å². The highest BCUT2D eigenvalue weighted by Gasteiger charge is 2.09. The summed E-state index contributed by atoms with van der Waals surface area (Å²) in [7, 11) is 0. The lowest BCUT2D eigenvalue weighted by molar-refractivity contribution is -0.117. The second-order valence-electron chi connectivity index (χ2n) is 7.18. The zero-order chi connectivity index (χ0) is 23.8. The van der Waals surface area contributed by atoms with E-state index in [1.807, 2.05) is 30.3 Å². The second-order valence-corrected chi connectivity index (χ2v) is 7.18. The third-order valence-electron chi connectivity index (χ3n) is 4.82. The molecule has 2 N–H and O–H groups in total. The Balaban J connectivity index is 1.30. The summed E-state index contributed by atoms with van der Waals surface area (Å²) in [6, 6.07) is 25.3. The number of hydrogen-bond acceptors (Lipinski definition) is 6. The summed E-state index contributed by atoms with van der Waals surface area (Å²) < 4.78 is 0. The van der Waals surface area contributed by atoms with Crippen molar-refractivity contribution in [2.45, 2.75) is 6.54 Å². The summed E-state index contributed by atoms with van der Waals surface area (Å²) in [6.07, 6.45) is 2.75. The molecule has 0 fully saturated rings. The average Bonchev–Trinajstić information content (AvgIpc) is 3.35. The Morgan fingerprint density at radius 3 is 2.44 bits per heavy atom. The Labute approximate surface area is 195 Å². The van der Waals surface area contributed by atoms with Gasteiger partial charge in [-0.15, -0.1) is 10.2 Å². The lowest BCUT2D eigenvalue weighted by atomic mass is 10.1. The minimum absolute atomic E-state index is 0.374. The van der Waals surface area contributed by atoms with Crippen LogP contribution in [0.3, 0.4) is 0 Å². The standard InChI is InChI=1S/C25H19N7O2/c26-16-22-9-5-4-6-19(22)14-15-23(33)27-29-25(34)21-12-10-18(11-13-21)17-32-30-24(28-31-32)20-7-2-1-3-8-20/h1-15H,17H2,(H,27,33)(H,29,34)/b15-14+. The number of hydrazine groups is 1. The number of nitrogens with zero attached hydrogens (tertiary/aromatic N) is 5. The largest absolute Gasteiger partial charge is 0.269 e. The first-order valence-corrected chi connectivity index (χ1v) is 10.3. The number of tetrazole rings is 1. The van der Waals surface area contributed by atoms with Gasteiger partial charge in [-0.1, -0.05) is 60.7 Å². The number of rotatable bonds is 6. The van der Waals surface area contributed by atoms with Crippen LogP contribution in [-0.4, -0.2) is 32.0 Å². The number of nitriles is 1. The Bertz CT molecular complexity index is 1370. The molecule has 0 aliphatic carbocycles. The molecule has 4 aromatic rings. The molecule has 0 aliphatic rings. The summed E-state index contributed by atoms with van der Waals surface area (Å²) in [5.74, 6) is -0.447. The van der Waals surface area contributed by atoms with Gasteiger partial charge in [0.25, 0.3) is 11.8 Å². The Morgan fingerprint density at radius 2 is 1.68 bits per heavy atom. The fraction of sp³-hybridized carbons (Fsp3) is 0.0400. The first kappa shape index (κ1) is 22.1. The molecule has 4 rings (SSSR count). The number of amides is 2. The topological polar surface area (TPSA) is 126 Å². The number of aromatic nitrogens is 4. The molecule has 0 radical (unpaired) electrons. The number of benzene rings is 3. The molecule has 2 amide bonds. The summed E-state index contributed by atoms with van der Waals surface area (Å²) in [5, 5.41) is 21.6. The molecule has 0 saturated carbocycles. The zero-order valence-corrected chi connectivity index (χ0v) is 17.9. The van der Waals surface area contributed by atoms with Gasteiger partial charge in [-0.3, -0.25) is 20.4 Å². The van der Waals surface area contributed by atoms with Crippen LogP contribution >= 0.6 is 0 Å². The van der Waals surface area contributed by atoms with E-state index in [1.54, 1.807) is 48.5 Å². The quantitative estimate of drug-likeness (QED) is 0.344. The second kappa shape index (κ2) is 10.5. The third-order valence-corrected chi connectivity index (χ3v) is 4.82. The molecule has 0 atom stereocenters. The Morgan fingerprint density at radius 1 is 0.941 bits per heavy atom. The molecule has 9 nitrogen and oxygen atoms in total. The molecule has 0 bridgehead atoms. The van der Waals surface area contributed by atoms with Gasteiger partial charge in [0.15, 0.2) is 0 Å². The molecular formula is C25H19N7O2. The Kier molecular flexibility index (Phi) is 6.81. The van der Waals surface area contributed by atoms with E-state index in [9.17, 15) is 9.59 Å². The molecule has 1 heterocycles. The lowest BCUT2D eigenvalue weighted by Gasteiger charge is -2.06. The highest BCUT2D eigenvalue weighted by molar-refractivity contribution is 5.98. The van der Waals surface area contributed by atoms with Crippen LogP contribution in [0.4, 0.5) is 0 Å². The normalized spacial score (nSPS) is 10.6. The summed E-state index contributed by atoms with van der Waals surface area (Å²) >= 11 is 0. The number of hydrogen-bond donors (Lipinski definition) is 2. The SMILES string of the molecule is N#Cc1ccccc1/C=C/C(=O)NNC(=O)c1ccc(Cn2nnc(-c3ccccc3)n2)cc1. The predicted octanol–water partition coefficient (Wildman–Crippen LogP) is 2.73. The Hall–Kier alpha value is -5.10. The number of carbonyl (C=O) groups is 2. The highest BCUT2D eigenvalue weighted by Crippen LogP contribution is 2.13. The summed E-state index contributed by atoms with van der Waals surface area (Å²) in [5.41, 5.74) is 7.88. The van der Waals surface area contributed by atoms with Crippen molar-refractivity contribution in [3.05, 3.63) is 107 Å². The van der Waals surface area contributed by atoms with Crippen molar-refractivity contribution in [1.82, 2.24) is 31.1 Å². The number of carbonyl (C=O) groups excluding carboxylic acids is 2. The van der Waals surface area contributed by atoms with E-state index in [2.05, 4.69) is 32.3 Å². The molecule has 0 aliphatic heterocycles. The summed E-state index contributed by atoms with van der Waals surface area (Å²) in [4.78, 5) is 25.8. The highest BCUT2D eigenvalue weighted by atomic mass is 16.2. The maximum absolute atomic E-state index is 12.3. The van der Waals surface area contributed by atoms with E-state index < -0.39 is 11.8 Å². The molecule has 0 unspecified atom stereocenters. The van der Waals surface area contributed by atoms with Crippen molar-refractivity contribution in [2.75, 3.05) is 0 Å². The van der Waals surface area contributed by atoms with Gasteiger partial charge in [-0.2, -0.15) is 10.1 Å². The van der Waals surface area contributed by atoms with Gasteiger partial charge in [-0.05, 0) is 40.6 Å². The van der Waals surface area contributed by atoms with Crippen molar-refractivity contribution < 1.29 is 9.59 Å². The molecule has 0 saturated heterocycles. The van der Waals surface area contributed by atoms with Crippen LogP contribution in [0.5, 0.6) is 0 Å². The molecule has 3 aromatic carbocycles. The van der Waals surface area contributed by atoms with Gasteiger partial charge in [0.05, 0.1) is 18.2 Å². The molecule has 0 spiro atoms. The summed E-state index contributed by atoms with van der Waals surface area (Å²) in [6.45, 7) is 0.396. The van der Waals surface area contributed by atoms with Crippen LogP contribution in [0, 0.1) is 11.3 Å². The molecular weight excluding hydrogens is 430 g/mol. The molecule has 34 heavy (non-hydrogen) atoms. The van der Waals surface area contributed by atoms with Gasteiger partial charge >= 0.3 is 0 Å². The molecule has 166 valence electrons. The predicted molar refractivity (Wildman–Crippen MR) is 125 cm³/mol. The van der Waals surface area contributed by atoms with E-state index in [0.717, 1.165) is 11.1 Å². The van der Waals surface area contributed by atoms with Crippen molar-refractivity contribution in [3.63, 3.8) is 0 Å². The van der Waals surface area contributed by atoms with Gasteiger partial charge in [0.2, 0.25) is 5.82 Å². The van der Waals surface area contributed by atoms with Gasteiger partial charge < -0.3 is 0 Å². The molecule has 1 aromatic heterocycles. The first-order chi connectivity index (χ1) is 16.6. The molecule has 9 heteroatoms. The maximum atomic E-state index is 12.3. The van der Waals surface area contributed by atoms with E-state index >= 15 is 0 Å². The van der Waals surface area contributed by atoms with Gasteiger partial charge in [0.1, 0.15) is 0 Å². The van der Waals surface area contributed by atoms with Crippen LogP contribution < -0.4 is 10.9 Å². The van der Waals surface area contributed by atoms with Crippen LogP contribution in [0.15, 0.2) is 84.9 Å². The lowest BCUT2D eigenvalue weighted by Crippen LogP contribution is -2.40. The average molecular weight is 449 g/mol. The van der Waals surface area contributed by atoms with Crippen LogP contribution in [0.25, 0.3) is 17.5 Å². The van der Waals surface area contributed by atoms with Crippen LogP contribution in [0.1, 0.15) is 27.0 Å². The van der Waals surface area contributed by atoms with Crippen LogP contribution in [0.2, 0.25) is 0 Å². The maximum Gasteiger partial charge on any atom is 0.269 e. The van der Waals surface area contributed by atoms with Crippen molar-refractivity contribution in [3.8, 4) is 17.5 Å². The smallest absolute Gasteiger partial charge is 0.268 e. The van der Waals surface area contributed by atoms with E-state index in [0.29, 0.717) is 29.1 Å². The van der Waals surface area contributed by atoms with E-state index in [1.165, 1.54) is 16.9 Å². The van der Waals surface area contributed by atoms with E-state index in [-0.39, 0.29) is 0 Å². The van der Waals surface area contributed by atoms with Crippen molar-refractivity contribution in [1.29, 1.82) is 5.26 Å². The third kappa shape index (κ3) is 5.57. The number of nitrogens with one attached hydrogen (secondary N) is 2.